The minimum absolute atomic E-state index is 0.199. The van der Waals surface area contributed by atoms with Crippen molar-refractivity contribution in [2.24, 2.45) is 11.8 Å². The summed E-state index contributed by atoms with van der Waals surface area (Å²) in [5.41, 5.74) is 1.16. The van der Waals surface area contributed by atoms with Crippen molar-refractivity contribution in [2.75, 3.05) is 6.61 Å². The number of aliphatic hydroxyl groups excluding tert-OH is 1. The highest BCUT2D eigenvalue weighted by atomic mass is 16.5. The molecule has 0 saturated carbocycles. The fraction of sp³-hybridized carbons (Fsp3) is 0.571. The molecule has 0 aliphatic carbocycles. The first-order valence-corrected chi connectivity index (χ1v) is 6.01. The Morgan fingerprint density at radius 3 is 2.69 bits per heavy atom. The molecule has 1 aromatic rings. The quantitative estimate of drug-likeness (QED) is 0.830. The Kier molecular flexibility index (Phi) is 3.20. The van der Waals surface area contributed by atoms with E-state index in [0.717, 1.165) is 11.3 Å². The molecule has 16 heavy (non-hydrogen) atoms. The SMILES string of the molecule is CC(C)C(O)C1c2ccccc2OCC1C. The molecule has 2 nitrogen and oxygen atoms in total. The van der Waals surface area contributed by atoms with Crippen LogP contribution in [0.4, 0.5) is 0 Å². The minimum atomic E-state index is -0.292. The van der Waals surface area contributed by atoms with E-state index in [9.17, 15) is 5.11 Å². The number of hydrogen-bond acceptors (Lipinski definition) is 2. The van der Waals surface area contributed by atoms with Crippen LogP contribution >= 0.6 is 0 Å². The lowest BCUT2D eigenvalue weighted by Crippen LogP contribution is -2.34. The smallest absolute Gasteiger partial charge is 0.122 e. The average Bonchev–Trinajstić information content (AvgIpc) is 2.28. The number of ether oxygens (including phenoxy) is 1. The van der Waals surface area contributed by atoms with E-state index in [1.807, 2.05) is 18.2 Å². The zero-order chi connectivity index (χ0) is 11.7. The average molecular weight is 220 g/mol. The van der Waals surface area contributed by atoms with Gasteiger partial charge < -0.3 is 9.84 Å². The summed E-state index contributed by atoms with van der Waals surface area (Å²) in [6, 6.07) is 8.05. The molecule has 0 fully saturated rings. The summed E-state index contributed by atoms with van der Waals surface area (Å²) >= 11 is 0. The molecule has 1 aromatic carbocycles. The Morgan fingerprint density at radius 2 is 2.00 bits per heavy atom. The summed E-state index contributed by atoms with van der Waals surface area (Å²) in [7, 11) is 0. The third-order valence-corrected chi connectivity index (χ3v) is 3.44. The molecule has 0 amide bonds. The van der Waals surface area contributed by atoms with Crippen LogP contribution in [0.1, 0.15) is 32.3 Å². The first-order valence-electron chi connectivity index (χ1n) is 6.01. The van der Waals surface area contributed by atoms with E-state index in [2.05, 4.69) is 26.8 Å². The number of benzene rings is 1. The molecule has 0 spiro atoms. The normalized spacial score (nSPS) is 26.1. The Hall–Kier alpha value is -1.02. The van der Waals surface area contributed by atoms with E-state index in [4.69, 9.17) is 4.74 Å². The Labute approximate surface area is 97.3 Å². The predicted octanol–water partition coefficient (Wildman–Crippen LogP) is 2.82. The molecule has 1 aliphatic rings. The first-order chi connectivity index (χ1) is 7.61. The third-order valence-electron chi connectivity index (χ3n) is 3.44. The Morgan fingerprint density at radius 1 is 1.31 bits per heavy atom. The highest BCUT2D eigenvalue weighted by Gasteiger charge is 2.34. The summed E-state index contributed by atoms with van der Waals surface area (Å²) in [5, 5.41) is 10.3. The number of hydrogen-bond donors (Lipinski definition) is 1. The van der Waals surface area contributed by atoms with Gasteiger partial charge in [-0.2, -0.15) is 0 Å². The van der Waals surface area contributed by atoms with Crippen molar-refractivity contribution in [3.8, 4) is 5.75 Å². The molecule has 2 rings (SSSR count). The molecule has 0 saturated heterocycles. The van der Waals surface area contributed by atoms with Gasteiger partial charge in [0.1, 0.15) is 5.75 Å². The maximum Gasteiger partial charge on any atom is 0.122 e. The van der Waals surface area contributed by atoms with Crippen LogP contribution in [0.5, 0.6) is 5.75 Å². The van der Waals surface area contributed by atoms with E-state index in [1.54, 1.807) is 0 Å². The van der Waals surface area contributed by atoms with Crippen LogP contribution in [-0.2, 0) is 0 Å². The maximum absolute atomic E-state index is 10.3. The van der Waals surface area contributed by atoms with Crippen molar-refractivity contribution >= 4 is 0 Å². The molecular weight excluding hydrogens is 200 g/mol. The van der Waals surface area contributed by atoms with Crippen molar-refractivity contribution in [3.63, 3.8) is 0 Å². The van der Waals surface area contributed by atoms with Crippen molar-refractivity contribution in [3.05, 3.63) is 29.8 Å². The lowest BCUT2D eigenvalue weighted by atomic mass is 9.78. The van der Waals surface area contributed by atoms with Crippen LogP contribution in [-0.4, -0.2) is 17.8 Å². The summed E-state index contributed by atoms with van der Waals surface area (Å²) in [6.45, 7) is 6.97. The molecule has 1 heterocycles. The maximum atomic E-state index is 10.3. The van der Waals surface area contributed by atoms with E-state index < -0.39 is 0 Å². The van der Waals surface area contributed by atoms with Gasteiger partial charge in [0, 0.05) is 11.5 Å². The van der Waals surface area contributed by atoms with Gasteiger partial charge in [0.2, 0.25) is 0 Å². The Balaban J connectivity index is 2.36. The Bertz CT molecular complexity index is 360. The summed E-state index contributed by atoms with van der Waals surface area (Å²) < 4.78 is 5.68. The molecule has 2 heteroatoms. The fourth-order valence-corrected chi connectivity index (χ4v) is 2.45. The number of fused-ring (bicyclic) bond motifs is 1. The van der Waals surface area contributed by atoms with Gasteiger partial charge in [0.05, 0.1) is 12.7 Å². The van der Waals surface area contributed by atoms with Crippen molar-refractivity contribution < 1.29 is 9.84 Å². The minimum Gasteiger partial charge on any atom is -0.493 e. The zero-order valence-corrected chi connectivity index (χ0v) is 10.2. The molecule has 0 aromatic heterocycles. The van der Waals surface area contributed by atoms with Crippen LogP contribution < -0.4 is 4.74 Å². The van der Waals surface area contributed by atoms with Gasteiger partial charge in [0.25, 0.3) is 0 Å². The van der Waals surface area contributed by atoms with Crippen LogP contribution in [0, 0.1) is 11.8 Å². The highest BCUT2D eigenvalue weighted by molar-refractivity contribution is 5.39. The van der Waals surface area contributed by atoms with E-state index in [1.165, 1.54) is 0 Å². The van der Waals surface area contributed by atoms with E-state index >= 15 is 0 Å². The van der Waals surface area contributed by atoms with Gasteiger partial charge in [-0.25, -0.2) is 0 Å². The summed E-state index contributed by atoms with van der Waals surface area (Å²) in [6.07, 6.45) is -0.292. The first kappa shape index (κ1) is 11.5. The molecule has 0 bridgehead atoms. The summed E-state index contributed by atoms with van der Waals surface area (Å²) in [5.74, 6) is 1.78. The standard InChI is InChI=1S/C14H20O2/c1-9(2)14(15)13-10(3)8-16-12-7-5-4-6-11(12)13/h4-7,9-10,13-15H,8H2,1-3H3. The lowest BCUT2D eigenvalue weighted by Gasteiger charge is -2.36. The zero-order valence-electron chi connectivity index (χ0n) is 10.2. The molecule has 3 unspecified atom stereocenters. The molecular formula is C14H20O2. The van der Waals surface area contributed by atoms with Gasteiger partial charge in [-0.3, -0.25) is 0 Å². The summed E-state index contributed by atoms with van der Waals surface area (Å²) in [4.78, 5) is 0. The second-order valence-electron chi connectivity index (χ2n) is 5.09. The second-order valence-corrected chi connectivity index (χ2v) is 5.09. The molecule has 1 N–H and O–H groups in total. The van der Waals surface area contributed by atoms with Crippen molar-refractivity contribution in [2.45, 2.75) is 32.8 Å². The largest absolute Gasteiger partial charge is 0.493 e. The van der Waals surface area contributed by atoms with Crippen molar-refractivity contribution in [1.29, 1.82) is 0 Å². The number of rotatable bonds is 2. The van der Waals surface area contributed by atoms with Crippen LogP contribution in [0.15, 0.2) is 24.3 Å². The van der Waals surface area contributed by atoms with E-state index in [0.29, 0.717) is 12.5 Å². The van der Waals surface area contributed by atoms with Crippen LogP contribution in [0.2, 0.25) is 0 Å². The predicted molar refractivity (Wildman–Crippen MR) is 64.7 cm³/mol. The topological polar surface area (TPSA) is 29.5 Å². The lowest BCUT2D eigenvalue weighted by molar-refractivity contribution is 0.0515. The number of aliphatic hydroxyl groups is 1. The monoisotopic (exact) mass is 220 g/mol. The number of para-hydroxylation sites is 1. The van der Waals surface area contributed by atoms with Crippen LogP contribution in [0.25, 0.3) is 0 Å². The van der Waals surface area contributed by atoms with Crippen molar-refractivity contribution in [1.82, 2.24) is 0 Å². The van der Waals surface area contributed by atoms with Crippen LogP contribution in [0.3, 0.4) is 0 Å². The fourth-order valence-electron chi connectivity index (χ4n) is 2.45. The highest BCUT2D eigenvalue weighted by Crippen LogP contribution is 2.40. The molecule has 88 valence electrons. The van der Waals surface area contributed by atoms with Gasteiger partial charge >= 0.3 is 0 Å². The molecule has 1 aliphatic heterocycles. The molecule has 3 atom stereocenters. The third kappa shape index (κ3) is 1.94. The van der Waals surface area contributed by atoms with E-state index in [-0.39, 0.29) is 17.9 Å². The second kappa shape index (κ2) is 4.46. The van der Waals surface area contributed by atoms with Gasteiger partial charge in [-0.05, 0) is 17.9 Å². The van der Waals surface area contributed by atoms with Gasteiger partial charge in [0.15, 0.2) is 0 Å². The van der Waals surface area contributed by atoms with Gasteiger partial charge in [-0.1, -0.05) is 39.0 Å². The molecule has 0 radical (unpaired) electrons. The van der Waals surface area contributed by atoms with Gasteiger partial charge in [-0.15, -0.1) is 0 Å².